The summed E-state index contributed by atoms with van der Waals surface area (Å²) >= 11 is 0. The van der Waals surface area contributed by atoms with Crippen LogP contribution >= 0.6 is 0 Å². The molecule has 5 nitrogen and oxygen atoms in total. The standard InChI is InChI=1S/C22H25N5/c1-18-8-10-19(11-9-18)22-20(16-23-26-14-12-25(2)13-15-26)17-27(24-22)21-6-4-3-5-7-21/h3-11,16-17H,12-15H2,1-2H3/b23-16-. The lowest BCUT2D eigenvalue weighted by Crippen LogP contribution is -2.41. The molecule has 138 valence electrons. The monoisotopic (exact) mass is 359 g/mol. The summed E-state index contributed by atoms with van der Waals surface area (Å²) in [6, 6.07) is 18.7. The smallest absolute Gasteiger partial charge is 0.102 e. The van der Waals surface area contributed by atoms with Gasteiger partial charge in [0, 0.05) is 43.5 Å². The van der Waals surface area contributed by atoms with Gasteiger partial charge >= 0.3 is 0 Å². The Morgan fingerprint density at radius 3 is 2.33 bits per heavy atom. The van der Waals surface area contributed by atoms with Crippen molar-refractivity contribution in [3.8, 4) is 16.9 Å². The molecule has 1 aromatic heterocycles. The summed E-state index contributed by atoms with van der Waals surface area (Å²) in [6.07, 6.45) is 4.01. The molecule has 1 fully saturated rings. The Labute approximate surface area is 160 Å². The summed E-state index contributed by atoms with van der Waals surface area (Å²) in [5.74, 6) is 0. The fourth-order valence-corrected chi connectivity index (χ4v) is 3.19. The molecule has 2 aromatic carbocycles. The van der Waals surface area contributed by atoms with E-state index in [0.29, 0.717) is 0 Å². The van der Waals surface area contributed by atoms with Crippen molar-refractivity contribution in [2.45, 2.75) is 6.92 Å². The van der Waals surface area contributed by atoms with Gasteiger partial charge in [0.1, 0.15) is 5.69 Å². The molecule has 0 N–H and O–H groups in total. The molecule has 0 saturated carbocycles. The van der Waals surface area contributed by atoms with Gasteiger partial charge in [-0.15, -0.1) is 0 Å². The number of rotatable bonds is 4. The third kappa shape index (κ3) is 4.09. The number of benzene rings is 2. The van der Waals surface area contributed by atoms with Gasteiger partial charge in [0.15, 0.2) is 0 Å². The molecule has 1 aliphatic rings. The normalized spacial score (nSPS) is 15.6. The quantitative estimate of drug-likeness (QED) is 0.670. The zero-order valence-electron chi connectivity index (χ0n) is 15.9. The predicted octanol–water partition coefficient (Wildman–Crippen LogP) is 3.43. The first-order chi connectivity index (χ1) is 13.2. The maximum absolute atomic E-state index is 4.85. The minimum Gasteiger partial charge on any atom is -0.303 e. The Kier molecular flexibility index (Phi) is 5.03. The van der Waals surface area contributed by atoms with E-state index in [1.165, 1.54) is 5.56 Å². The minimum atomic E-state index is 0.955. The van der Waals surface area contributed by atoms with Gasteiger partial charge in [0.05, 0.1) is 11.9 Å². The van der Waals surface area contributed by atoms with Crippen LogP contribution in [0.3, 0.4) is 0 Å². The second-order valence-electron chi connectivity index (χ2n) is 7.08. The second-order valence-corrected chi connectivity index (χ2v) is 7.08. The van der Waals surface area contributed by atoms with E-state index in [0.717, 1.165) is 48.7 Å². The third-order valence-corrected chi connectivity index (χ3v) is 4.93. The van der Waals surface area contributed by atoms with Crippen LogP contribution in [0.25, 0.3) is 16.9 Å². The molecular formula is C22H25N5. The van der Waals surface area contributed by atoms with Crippen LogP contribution in [0.15, 0.2) is 65.9 Å². The molecule has 0 aliphatic carbocycles. The van der Waals surface area contributed by atoms with E-state index in [1.807, 2.05) is 29.1 Å². The van der Waals surface area contributed by atoms with Gasteiger partial charge in [-0.2, -0.15) is 10.2 Å². The number of aryl methyl sites for hydroxylation is 1. The molecule has 27 heavy (non-hydrogen) atoms. The summed E-state index contributed by atoms with van der Waals surface area (Å²) in [5, 5.41) is 11.7. The van der Waals surface area contributed by atoms with Gasteiger partial charge in [0.25, 0.3) is 0 Å². The number of likely N-dealkylation sites (N-methyl/N-ethyl adjacent to an activating group) is 1. The van der Waals surface area contributed by atoms with E-state index in [9.17, 15) is 0 Å². The van der Waals surface area contributed by atoms with Crippen molar-refractivity contribution in [2.24, 2.45) is 5.10 Å². The molecule has 3 aromatic rings. The number of piperazine rings is 1. The minimum absolute atomic E-state index is 0.955. The molecule has 1 saturated heterocycles. The summed E-state index contributed by atoms with van der Waals surface area (Å²) in [5.41, 5.74) is 5.38. The van der Waals surface area contributed by atoms with Crippen LogP contribution in [0.5, 0.6) is 0 Å². The predicted molar refractivity (Wildman–Crippen MR) is 110 cm³/mol. The molecule has 0 unspecified atom stereocenters. The first kappa shape index (κ1) is 17.5. The van der Waals surface area contributed by atoms with Crippen LogP contribution in [0.1, 0.15) is 11.1 Å². The summed E-state index contributed by atoms with van der Waals surface area (Å²) < 4.78 is 1.93. The Bertz CT molecular complexity index is 904. The first-order valence-electron chi connectivity index (χ1n) is 9.39. The van der Waals surface area contributed by atoms with E-state index >= 15 is 0 Å². The lowest BCUT2D eigenvalue weighted by atomic mass is 10.1. The number of para-hydroxylation sites is 1. The van der Waals surface area contributed by atoms with E-state index in [1.54, 1.807) is 0 Å². The number of nitrogens with zero attached hydrogens (tertiary/aromatic N) is 5. The fraction of sp³-hybridized carbons (Fsp3) is 0.273. The van der Waals surface area contributed by atoms with Crippen LogP contribution in [-0.4, -0.2) is 59.1 Å². The van der Waals surface area contributed by atoms with Crippen LogP contribution in [0.4, 0.5) is 0 Å². The molecular weight excluding hydrogens is 334 g/mol. The highest BCUT2D eigenvalue weighted by Crippen LogP contribution is 2.23. The van der Waals surface area contributed by atoms with Crippen LogP contribution in [0, 0.1) is 6.92 Å². The molecule has 1 aliphatic heterocycles. The van der Waals surface area contributed by atoms with E-state index in [4.69, 9.17) is 10.2 Å². The topological polar surface area (TPSA) is 36.7 Å². The lowest BCUT2D eigenvalue weighted by molar-refractivity contribution is 0.159. The Balaban J connectivity index is 1.68. The summed E-state index contributed by atoms with van der Waals surface area (Å²) in [6.45, 7) is 6.11. The fourth-order valence-electron chi connectivity index (χ4n) is 3.19. The molecule has 2 heterocycles. The first-order valence-corrected chi connectivity index (χ1v) is 9.39. The highest BCUT2D eigenvalue weighted by atomic mass is 15.5. The van der Waals surface area contributed by atoms with Crippen LogP contribution < -0.4 is 0 Å². The average Bonchev–Trinajstić information content (AvgIpc) is 3.13. The second kappa shape index (κ2) is 7.76. The zero-order chi connectivity index (χ0) is 18.6. The Morgan fingerprint density at radius 1 is 0.926 bits per heavy atom. The Hall–Kier alpha value is -2.92. The largest absolute Gasteiger partial charge is 0.303 e. The van der Waals surface area contributed by atoms with Gasteiger partial charge in [0.2, 0.25) is 0 Å². The molecule has 5 heteroatoms. The van der Waals surface area contributed by atoms with E-state index < -0.39 is 0 Å². The maximum Gasteiger partial charge on any atom is 0.102 e. The van der Waals surface area contributed by atoms with Crippen molar-refractivity contribution in [2.75, 3.05) is 33.2 Å². The highest BCUT2D eigenvalue weighted by Gasteiger charge is 2.14. The molecule has 0 radical (unpaired) electrons. The summed E-state index contributed by atoms with van der Waals surface area (Å²) in [7, 11) is 2.15. The van der Waals surface area contributed by atoms with Gasteiger partial charge in [-0.3, -0.25) is 5.01 Å². The summed E-state index contributed by atoms with van der Waals surface area (Å²) in [4.78, 5) is 2.33. The van der Waals surface area contributed by atoms with Crippen molar-refractivity contribution in [1.82, 2.24) is 19.7 Å². The number of hydrogen-bond acceptors (Lipinski definition) is 4. The molecule has 0 bridgehead atoms. The van der Waals surface area contributed by atoms with Crippen molar-refractivity contribution >= 4 is 6.21 Å². The highest BCUT2D eigenvalue weighted by molar-refractivity contribution is 5.88. The third-order valence-electron chi connectivity index (χ3n) is 4.93. The van der Waals surface area contributed by atoms with Gasteiger partial charge in [-0.1, -0.05) is 48.0 Å². The molecule has 4 rings (SSSR count). The molecule has 0 amide bonds. The Morgan fingerprint density at radius 2 is 1.63 bits per heavy atom. The van der Waals surface area contributed by atoms with E-state index in [-0.39, 0.29) is 0 Å². The van der Waals surface area contributed by atoms with Gasteiger partial charge in [-0.25, -0.2) is 4.68 Å². The number of hydrazone groups is 1. The lowest BCUT2D eigenvalue weighted by Gasteiger charge is -2.30. The molecule has 0 atom stereocenters. The van der Waals surface area contributed by atoms with Crippen molar-refractivity contribution < 1.29 is 0 Å². The van der Waals surface area contributed by atoms with Crippen LogP contribution in [0.2, 0.25) is 0 Å². The van der Waals surface area contributed by atoms with E-state index in [2.05, 4.69) is 66.5 Å². The number of aromatic nitrogens is 2. The van der Waals surface area contributed by atoms with Crippen LogP contribution in [-0.2, 0) is 0 Å². The zero-order valence-corrected chi connectivity index (χ0v) is 15.9. The van der Waals surface area contributed by atoms with Gasteiger partial charge < -0.3 is 4.90 Å². The van der Waals surface area contributed by atoms with Crippen molar-refractivity contribution in [3.05, 3.63) is 71.9 Å². The average molecular weight is 359 g/mol. The van der Waals surface area contributed by atoms with Gasteiger partial charge in [-0.05, 0) is 26.1 Å². The van der Waals surface area contributed by atoms with Crippen molar-refractivity contribution in [3.63, 3.8) is 0 Å². The number of hydrogen-bond donors (Lipinski definition) is 0. The molecule has 0 spiro atoms. The maximum atomic E-state index is 4.85. The SMILES string of the molecule is Cc1ccc(-c2nn(-c3ccccc3)cc2/C=N\N2CCN(C)CC2)cc1. The van der Waals surface area contributed by atoms with Crippen molar-refractivity contribution in [1.29, 1.82) is 0 Å².